The van der Waals surface area contributed by atoms with Gasteiger partial charge in [0.15, 0.2) is 6.67 Å². The zero-order valence-electron chi connectivity index (χ0n) is 14.3. The first kappa shape index (κ1) is 16.7. The van der Waals surface area contributed by atoms with Crippen molar-refractivity contribution in [3.63, 3.8) is 0 Å². The second kappa shape index (κ2) is 6.88. The largest absolute Gasteiger partial charge is 0.327 e. The maximum atomic E-state index is 12.6. The third-order valence-electron chi connectivity index (χ3n) is 5.80. The standard InChI is InChI=1S/C18H23N3O3S/c22-16-13-4-1-2-5-14(13)17(23)21(16)12-19-7-9-20(10-8-19)18(24)15-6-3-11-25-15/h3,6,11,13-14H,1-2,4-5,7-10,12H2/p+1/t13-,14-/m0/s1. The number of nitrogens with zero attached hydrogens (tertiary/aromatic N) is 2. The van der Waals surface area contributed by atoms with Gasteiger partial charge >= 0.3 is 0 Å². The van der Waals surface area contributed by atoms with Crippen molar-refractivity contribution in [2.75, 3.05) is 32.8 Å². The van der Waals surface area contributed by atoms with E-state index in [1.54, 1.807) is 0 Å². The smallest absolute Gasteiger partial charge is 0.264 e. The number of carbonyl (C=O) groups excluding carboxylic acids is 3. The SMILES string of the molecule is O=C(c1cccs1)N1CC[NH+](CN2C(=O)[C@H]3CCCC[C@@H]3C2=O)CC1. The van der Waals surface area contributed by atoms with E-state index >= 15 is 0 Å². The topological polar surface area (TPSA) is 62.1 Å². The molecular weight excluding hydrogens is 338 g/mol. The molecule has 0 aromatic carbocycles. The van der Waals surface area contributed by atoms with Crippen LogP contribution in [0.5, 0.6) is 0 Å². The van der Waals surface area contributed by atoms with Gasteiger partial charge in [0.2, 0.25) is 11.8 Å². The Hall–Kier alpha value is -1.73. The summed E-state index contributed by atoms with van der Waals surface area (Å²) in [6.07, 6.45) is 3.85. The van der Waals surface area contributed by atoms with Crippen molar-refractivity contribution < 1.29 is 19.3 Å². The Morgan fingerprint density at radius 1 is 1.12 bits per heavy atom. The van der Waals surface area contributed by atoms with Crippen LogP contribution in [0.3, 0.4) is 0 Å². The molecule has 2 atom stereocenters. The monoisotopic (exact) mass is 362 g/mol. The third-order valence-corrected chi connectivity index (χ3v) is 6.66. The number of rotatable bonds is 3. The summed E-state index contributed by atoms with van der Waals surface area (Å²) in [5.41, 5.74) is 0. The van der Waals surface area contributed by atoms with Crippen molar-refractivity contribution in [1.82, 2.24) is 9.80 Å². The number of nitrogens with one attached hydrogen (secondary N) is 1. The van der Waals surface area contributed by atoms with Crippen LogP contribution in [-0.4, -0.2) is 60.4 Å². The first-order chi connectivity index (χ1) is 12.1. The van der Waals surface area contributed by atoms with Crippen molar-refractivity contribution in [3.8, 4) is 0 Å². The lowest BCUT2D eigenvalue weighted by molar-refractivity contribution is -0.911. The summed E-state index contributed by atoms with van der Waals surface area (Å²) in [7, 11) is 0. The van der Waals surface area contributed by atoms with Crippen molar-refractivity contribution >= 4 is 29.1 Å². The Morgan fingerprint density at radius 2 is 1.76 bits per heavy atom. The van der Waals surface area contributed by atoms with Crippen LogP contribution in [0, 0.1) is 11.8 Å². The van der Waals surface area contributed by atoms with Crippen molar-refractivity contribution in [2.24, 2.45) is 11.8 Å². The summed E-state index contributed by atoms with van der Waals surface area (Å²) >= 11 is 1.47. The van der Waals surface area contributed by atoms with Gasteiger partial charge in [-0.15, -0.1) is 11.3 Å². The zero-order chi connectivity index (χ0) is 17.4. The summed E-state index contributed by atoms with van der Waals surface area (Å²) in [5, 5.41) is 1.92. The van der Waals surface area contributed by atoms with Crippen LogP contribution in [-0.2, 0) is 9.59 Å². The molecular formula is C18H24N3O3S+. The van der Waals surface area contributed by atoms with Crippen molar-refractivity contribution in [1.29, 1.82) is 0 Å². The summed E-state index contributed by atoms with van der Waals surface area (Å²) in [5.74, 6) is 0.0386. The predicted octanol–water partition coefficient (Wildman–Crippen LogP) is 0.222. The lowest BCUT2D eigenvalue weighted by atomic mass is 9.81. The maximum Gasteiger partial charge on any atom is 0.264 e. The molecule has 2 aliphatic heterocycles. The molecule has 1 N–H and O–H groups in total. The van der Waals surface area contributed by atoms with Gasteiger partial charge in [-0.1, -0.05) is 18.9 Å². The molecule has 0 radical (unpaired) electrons. The molecule has 2 saturated heterocycles. The van der Waals surface area contributed by atoms with Crippen LogP contribution in [0.25, 0.3) is 0 Å². The number of hydrogen-bond donors (Lipinski definition) is 1. The second-order valence-corrected chi connectivity index (χ2v) is 8.23. The minimum Gasteiger partial charge on any atom is -0.327 e. The zero-order valence-corrected chi connectivity index (χ0v) is 15.1. The average Bonchev–Trinajstić information content (AvgIpc) is 3.26. The number of hydrogen-bond acceptors (Lipinski definition) is 4. The van der Waals surface area contributed by atoms with Crippen LogP contribution in [0.4, 0.5) is 0 Å². The molecule has 3 heterocycles. The molecule has 1 saturated carbocycles. The molecule has 1 aliphatic carbocycles. The molecule has 3 amide bonds. The van der Waals surface area contributed by atoms with E-state index in [0.29, 0.717) is 19.8 Å². The quantitative estimate of drug-likeness (QED) is 0.783. The Morgan fingerprint density at radius 3 is 2.32 bits per heavy atom. The number of likely N-dealkylation sites (tertiary alicyclic amines) is 1. The minimum atomic E-state index is -0.0673. The van der Waals surface area contributed by atoms with E-state index in [1.165, 1.54) is 21.1 Å². The Balaban J connectivity index is 1.33. The van der Waals surface area contributed by atoms with Crippen LogP contribution >= 0.6 is 11.3 Å². The van der Waals surface area contributed by atoms with Crippen molar-refractivity contribution in [3.05, 3.63) is 22.4 Å². The van der Waals surface area contributed by atoms with E-state index in [0.717, 1.165) is 43.6 Å². The Labute approximate surface area is 151 Å². The number of imide groups is 1. The van der Waals surface area contributed by atoms with Gasteiger partial charge in [0, 0.05) is 0 Å². The predicted molar refractivity (Wildman–Crippen MR) is 93.1 cm³/mol. The number of thiophene rings is 1. The molecule has 3 aliphatic rings. The van der Waals surface area contributed by atoms with Gasteiger partial charge in [0.05, 0.1) is 42.9 Å². The molecule has 4 rings (SSSR count). The number of amides is 3. The highest BCUT2D eigenvalue weighted by molar-refractivity contribution is 7.12. The summed E-state index contributed by atoms with van der Waals surface area (Å²) < 4.78 is 0. The third kappa shape index (κ3) is 3.11. The van der Waals surface area contributed by atoms with Gasteiger partial charge in [-0.2, -0.15) is 0 Å². The molecule has 6 nitrogen and oxygen atoms in total. The molecule has 1 aromatic rings. The lowest BCUT2D eigenvalue weighted by Crippen LogP contribution is -3.16. The highest BCUT2D eigenvalue weighted by Crippen LogP contribution is 2.37. The molecule has 3 fully saturated rings. The highest BCUT2D eigenvalue weighted by Gasteiger charge is 2.49. The molecule has 7 heteroatoms. The van der Waals surface area contributed by atoms with Gasteiger partial charge in [-0.05, 0) is 24.3 Å². The van der Waals surface area contributed by atoms with Gasteiger partial charge in [-0.3, -0.25) is 14.4 Å². The second-order valence-electron chi connectivity index (χ2n) is 7.28. The first-order valence-corrected chi connectivity index (χ1v) is 10.0. The summed E-state index contributed by atoms with van der Waals surface area (Å²) in [6.45, 7) is 3.38. The van der Waals surface area contributed by atoms with Crippen LogP contribution in [0.1, 0.15) is 35.4 Å². The van der Waals surface area contributed by atoms with E-state index in [9.17, 15) is 14.4 Å². The van der Waals surface area contributed by atoms with E-state index in [2.05, 4.69) is 0 Å². The molecule has 1 aromatic heterocycles. The normalized spacial score (nSPS) is 27.7. The van der Waals surface area contributed by atoms with Gasteiger partial charge < -0.3 is 9.80 Å². The van der Waals surface area contributed by atoms with Gasteiger partial charge in [-0.25, -0.2) is 4.90 Å². The summed E-state index contributed by atoms with van der Waals surface area (Å²) in [6, 6.07) is 3.75. The molecule has 0 unspecified atom stereocenters. The average molecular weight is 362 g/mol. The fraction of sp³-hybridized carbons (Fsp3) is 0.611. The highest BCUT2D eigenvalue weighted by atomic mass is 32.1. The molecule has 0 spiro atoms. The number of fused-ring (bicyclic) bond motifs is 1. The molecule has 134 valence electrons. The van der Waals surface area contributed by atoms with Crippen LogP contribution < -0.4 is 4.90 Å². The maximum absolute atomic E-state index is 12.6. The molecule has 25 heavy (non-hydrogen) atoms. The van der Waals surface area contributed by atoms with Gasteiger partial charge in [0.25, 0.3) is 5.91 Å². The Bertz CT molecular complexity index is 643. The Kier molecular flexibility index (Phi) is 4.60. The number of carbonyl (C=O) groups is 3. The van der Waals surface area contributed by atoms with E-state index in [1.807, 2.05) is 22.4 Å². The van der Waals surface area contributed by atoms with E-state index in [4.69, 9.17) is 0 Å². The summed E-state index contributed by atoms with van der Waals surface area (Å²) in [4.78, 5) is 42.9. The van der Waals surface area contributed by atoms with Crippen molar-refractivity contribution in [2.45, 2.75) is 25.7 Å². The fourth-order valence-corrected chi connectivity index (χ4v) is 5.04. The first-order valence-electron chi connectivity index (χ1n) is 9.16. The lowest BCUT2D eigenvalue weighted by Gasteiger charge is -2.33. The number of piperazine rings is 1. The van der Waals surface area contributed by atoms with E-state index < -0.39 is 0 Å². The minimum absolute atomic E-state index is 0.0410. The molecule has 0 bridgehead atoms. The van der Waals surface area contributed by atoms with Crippen LogP contribution in [0.2, 0.25) is 0 Å². The number of quaternary nitrogens is 1. The van der Waals surface area contributed by atoms with Crippen LogP contribution in [0.15, 0.2) is 17.5 Å². The van der Waals surface area contributed by atoms with Gasteiger partial charge in [0.1, 0.15) is 0 Å². The fourth-order valence-electron chi connectivity index (χ4n) is 4.35. The van der Waals surface area contributed by atoms with E-state index in [-0.39, 0.29) is 29.6 Å².